The Labute approximate surface area is 183 Å². The first-order valence-corrected chi connectivity index (χ1v) is 11.0. The molecule has 162 valence electrons. The fourth-order valence-corrected chi connectivity index (χ4v) is 4.03. The molecule has 6 nitrogen and oxygen atoms in total. The van der Waals surface area contributed by atoms with Crippen molar-refractivity contribution in [3.63, 3.8) is 0 Å². The van der Waals surface area contributed by atoms with Crippen molar-refractivity contribution in [1.82, 2.24) is 19.8 Å². The van der Waals surface area contributed by atoms with E-state index in [1.54, 1.807) is 12.4 Å². The van der Waals surface area contributed by atoms with Gasteiger partial charge in [-0.25, -0.2) is 0 Å². The Morgan fingerprint density at radius 1 is 1.10 bits per heavy atom. The largest absolute Gasteiger partial charge is 0.379 e. The average molecular weight is 419 g/mol. The third-order valence-electron chi connectivity index (χ3n) is 5.81. The highest BCUT2D eigenvalue weighted by Gasteiger charge is 2.20. The number of hydrogen-bond donors (Lipinski definition) is 0. The first-order valence-electron chi connectivity index (χ1n) is 11.0. The summed E-state index contributed by atoms with van der Waals surface area (Å²) in [5.41, 5.74) is 4.63. The lowest BCUT2D eigenvalue weighted by Crippen LogP contribution is -2.39. The molecular formula is C25H30N4O2. The van der Waals surface area contributed by atoms with Crippen molar-refractivity contribution < 1.29 is 9.53 Å². The van der Waals surface area contributed by atoms with Crippen LogP contribution in [0.1, 0.15) is 33.6 Å². The first-order chi connectivity index (χ1) is 15.1. The lowest BCUT2D eigenvalue weighted by molar-refractivity contribution is 0.0355. The Balaban J connectivity index is 1.54. The summed E-state index contributed by atoms with van der Waals surface area (Å²) < 4.78 is 5.44. The number of fused-ring (bicyclic) bond motifs is 1. The summed E-state index contributed by atoms with van der Waals surface area (Å²) in [7, 11) is 0. The zero-order chi connectivity index (χ0) is 21.6. The quantitative estimate of drug-likeness (QED) is 0.587. The van der Waals surface area contributed by atoms with Gasteiger partial charge in [0.1, 0.15) is 0 Å². The minimum atomic E-state index is 0.0336. The fraction of sp³-hybridized carbons (Fsp3) is 0.400. The summed E-state index contributed by atoms with van der Waals surface area (Å²) in [6.45, 7) is 9.73. The highest BCUT2D eigenvalue weighted by molar-refractivity contribution is 5.98. The molecule has 3 heterocycles. The SMILES string of the molecule is Cc1ccc2cc(C(=O)N(CCCN3CCOCC3)Cc3ccncc3)c(C)nc2c1. The van der Waals surface area contributed by atoms with Gasteiger partial charge in [0.15, 0.2) is 0 Å². The van der Waals surface area contributed by atoms with Gasteiger partial charge < -0.3 is 9.64 Å². The number of morpholine rings is 1. The van der Waals surface area contributed by atoms with E-state index in [2.05, 4.69) is 28.9 Å². The molecule has 0 unspecified atom stereocenters. The predicted molar refractivity (Wildman–Crippen MR) is 122 cm³/mol. The van der Waals surface area contributed by atoms with Crippen LogP contribution in [0.2, 0.25) is 0 Å². The van der Waals surface area contributed by atoms with E-state index in [1.807, 2.05) is 36.1 Å². The zero-order valence-corrected chi connectivity index (χ0v) is 18.4. The number of benzene rings is 1. The van der Waals surface area contributed by atoms with Crippen molar-refractivity contribution in [3.05, 3.63) is 71.2 Å². The minimum absolute atomic E-state index is 0.0336. The predicted octanol–water partition coefficient (Wildman–Crippen LogP) is 3.61. The van der Waals surface area contributed by atoms with Gasteiger partial charge in [0.2, 0.25) is 0 Å². The van der Waals surface area contributed by atoms with Crippen LogP contribution >= 0.6 is 0 Å². The molecule has 0 atom stereocenters. The van der Waals surface area contributed by atoms with Gasteiger partial charge >= 0.3 is 0 Å². The summed E-state index contributed by atoms with van der Waals surface area (Å²) in [6.07, 6.45) is 4.48. The van der Waals surface area contributed by atoms with Gasteiger partial charge in [-0.1, -0.05) is 12.1 Å². The van der Waals surface area contributed by atoms with Crippen LogP contribution in [0.3, 0.4) is 0 Å². The van der Waals surface area contributed by atoms with Gasteiger partial charge in [0, 0.05) is 50.5 Å². The molecule has 0 aliphatic carbocycles. The zero-order valence-electron chi connectivity index (χ0n) is 18.4. The Kier molecular flexibility index (Phi) is 6.89. The highest BCUT2D eigenvalue weighted by Crippen LogP contribution is 2.20. The van der Waals surface area contributed by atoms with Crippen molar-refractivity contribution in [2.45, 2.75) is 26.8 Å². The normalized spacial score (nSPS) is 14.6. The van der Waals surface area contributed by atoms with Gasteiger partial charge in [-0.05, 0) is 55.7 Å². The summed E-state index contributed by atoms with van der Waals surface area (Å²) in [4.78, 5) is 26.8. The molecule has 1 aromatic carbocycles. The second-order valence-electron chi connectivity index (χ2n) is 8.21. The van der Waals surface area contributed by atoms with Crippen LogP contribution in [0.15, 0.2) is 48.8 Å². The van der Waals surface area contributed by atoms with E-state index in [1.165, 1.54) is 5.56 Å². The Hall–Kier alpha value is -2.83. The summed E-state index contributed by atoms with van der Waals surface area (Å²) in [5.74, 6) is 0.0336. The molecule has 0 saturated carbocycles. The number of hydrogen-bond acceptors (Lipinski definition) is 5. The Morgan fingerprint density at radius 2 is 1.87 bits per heavy atom. The molecule has 0 bridgehead atoms. The van der Waals surface area contributed by atoms with Gasteiger partial charge in [-0.3, -0.25) is 19.7 Å². The number of carbonyl (C=O) groups is 1. The highest BCUT2D eigenvalue weighted by atomic mass is 16.5. The maximum absolute atomic E-state index is 13.6. The molecule has 6 heteroatoms. The molecule has 1 amide bonds. The molecule has 1 aliphatic rings. The number of aromatic nitrogens is 2. The summed E-state index contributed by atoms with van der Waals surface area (Å²) in [5, 5.41) is 0.997. The van der Waals surface area contributed by atoms with Crippen molar-refractivity contribution >= 4 is 16.8 Å². The number of pyridine rings is 2. The smallest absolute Gasteiger partial charge is 0.256 e. The number of carbonyl (C=O) groups excluding carboxylic acids is 1. The van der Waals surface area contributed by atoms with Crippen molar-refractivity contribution in [2.24, 2.45) is 0 Å². The lowest BCUT2D eigenvalue weighted by atomic mass is 10.1. The van der Waals surface area contributed by atoms with Crippen LogP contribution in [-0.2, 0) is 11.3 Å². The van der Waals surface area contributed by atoms with Crippen molar-refractivity contribution in [3.8, 4) is 0 Å². The van der Waals surface area contributed by atoms with E-state index < -0.39 is 0 Å². The van der Waals surface area contributed by atoms with E-state index in [0.717, 1.165) is 61.4 Å². The standard InChI is InChI=1S/C25H30N4O2/c1-19-4-5-22-17-23(20(2)27-24(22)16-19)25(30)29(18-21-6-8-26-9-7-21)11-3-10-28-12-14-31-15-13-28/h4-9,16-17H,3,10-15,18H2,1-2H3. The first kappa shape index (κ1) is 21.4. The van der Waals surface area contributed by atoms with Crippen LogP contribution in [0.5, 0.6) is 0 Å². The maximum atomic E-state index is 13.6. The van der Waals surface area contributed by atoms with Gasteiger partial charge in [-0.2, -0.15) is 0 Å². The lowest BCUT2D eigenvalue weighted by Gasteiger charge is -2.28. The molecule has 2 aromatic heterocycles. The molecule has 0 radical (unpaired) electrons. The molecule has 1 aliphatic heterocycles. The van der Waals surface area contributed by atoms with Gasteiger partial charge in [-0.15, -0.1) is 0 Å². The minimum Gasteiger partial charge on any atom is -0.379 e. The van der Waals surface area contributed by atoms with E-state index >= 15 is 0 Å². The molecular weight excluding hydrogens is 388 g/mol. The molecule has 4 rings (SSSR count). The van der Waals surface area contributed by atoms with Crippen LogP contribution in [-0.4, -0.2) is 65.1 Å². The topological polar surface area (TPSA) is 58.6 Å². The van der Waals surface area contributed by atoms with Crippen LogP contribution < -0.4 is 0 Å². The van der Waals surface area contributed by atoms with Crippen LogP contribution in [0, 0.1) is 13.8 Å². The monoisotopic (exact) mass is 418 g/mol. The molecule has 1 saturated heterocycles. The fourth-order valence-electron chi connectivity index (χ4n) is 4.03. The van der Waals surface area contributed by atoms with Crippen LogP contribution in [0.25, 0.3) is 10.9 Å². The second-order valence-corrected chi connectivity index (χ2v) is 8.21. The van der Waals surface area contributed by atoms with Crippen molar-refractivity contribution in [1.29, 1.82) is 0 Å². The van der Waals surface area contributed by atoms with Crippen LogP contribution in [0.4, 0.5) is 0 Å². The number of ether oxygens (including phenoxy) is 1. The maximum Gasteiger partial charge on any atom is 0.256 e. The molecule has 3 aromatic rings. The number of rotatable bonds is 7. The number of amides is 1. The Morgan fingerprint density at radius 3 is 2.65 bits per heavy atom. The van der Waals surface area contributed by atoms with E-state index in [9.17, 15) is 4.79 Å². The molecule has 31 heavy (non-hydrogen) atoms. The summed E-state index contributed by atoms with van der Waals surface area (Å²) >= 11 is 0. The Bertz CT molecular complexity index is 1030. The van der Waals surface area contributed by atoms with E-state index in [4.69, 9.17) is 9.72 Å². The van der Waals surface area contributed by atoms with Crippen molar-refractivity contribution in [2.75, 3.05) is 39.4 Å². The molecule has 0 spiro atoms. The number of nitrogens with zero attached hydrogens (tertiary/aromatic N) is 4. The number of aryl methyl sites for hydroxylation is 2. The molecule has 0 N–H and O–H groups in total. The van der Waals surface area contributed by atoms with E-state index in [0.29, 0.717) is 18.7 Å². The van der Waals surface area contributed by atoms with E-state index in [-0.39, 0.29) is 5.91 Å². The molecule has 1 fully saturated rings. The van der Waals surface area contributed by atoms with Gasteiger partial charge in [0.05, 0.1) is 30.0 Å². The third kappa shape index (κ3) is 5.46. The summed E-state index contributed by atoms with van der Waals surface area (Å²) in [6, 6.07) is 12.1. The second kappa shape index (κ2) is 9.98. The average Bonchev–Trinajstić information content (AvgIpc) is 2.79. The van der Waals surface area contributed by atoms with Gasteiger partial charge in [0.25, 0.3) is 5.91 Å². The third-order valence-corrected chi connectivity index (χ3v) is 5.81.